The topological polar surface area (TPSA) is 213 Å². The van der Waals surface area contributed by atoms with Gasteiger partial charge in [-0.05, 0) is 0 Å². The summed E-state index contributed by atoms with van der Waals surface area (Å²) in [4.78, 5) is 36.4. The van der Waals surface area contributed by atoms with Crippen LogP contribution in [0.3, 0.4) is 0 Å². The Kier molecular flexibility index (Phi) is 5.71. The van der Waals surface area contributed by atoms with Crippen molar-refractivity contribution in [2.24, 2.45) is 0 Å². The summed E-state index contributed by atoms with van der Waals surface area (Å²) in [5, 5.41) is 2.78. The van der Waals surface area contributed by atoms with Gasteiger partial charge in [-0.15, -0.1) is 0 Å². The van der Waals surface area contributed by atoms with E-state index >= 15 is 0 Å². The van der Waals surface area contributed by atoms with Gasteiger partial charge in [0.25, 0.3) is 0 Å². The number of nitrogens with zero attached hydrogens (tertiary/aromatic N) is 6. The minimum absolute atomic E-state index is 0. The third-order valence-electron chi connectivity index (χ3n) is 8.16. The van der Waals surface area contributed by atoms with Gasteiger partial charge in [-0.25, -0.2) is 29.9 Å². The van der Waals surface area contributed by atoms with Crippen LogP contribution in [0.25, 0.3) is 89.7 Å². The van der Waals surface area contributed by atoms with Crippen LogP contribution in [0.1, 0.15) is 0 Å². The van der Waals surface area contributed by atoms with Gasteiger partial charge in [0, 0.05) is 55.4 Å². The van der Waals surface area contributed by atoms with Gasteiger partial charge < -0.3 is 32.9 Å². The predicted octanol–water partition coefficient (Wildman–Crippen LogP) is 5.20. The quantitative estimate of drug-likeness (QED) is 0.0909. The molecule has 1 radical (unpaired) electrons. The molecule has 13 heteroatoms. The van der Waals surface area contributed by atoms with E-state index in [1.807, 2.05) is 72.8 Å². The first-order valence-corrected chi connectivity index (χ1v) is 13.8. The number of benzene rings is 4. The standard InChI is InChI=1S/C32H22N12.Ag/c33-21-19-20(22(34)24(36)23(21)35)32-43-30-18-12-6-4-10-16(18)28(41-30)39-26-14-8-2-1-7-13(14)25(37-26)38-27-15-9-3-5-11-17(15)29(40-27)42-31(19)44-32;/h1-12H,33-36H2,(H2,37,38,39,40,41,42,43,44);. The van der Waals surface area contributed by atoms with Crippen LogP contribution in [0.2, 0.25) is 0 Å². The Hall–Kier alpha value is -5.82. The number of anilines is 4. The van der Waals surface area contributed by atoms with Gasteiger partial charge in [0.1, 0.15) is 22.6 Å². The van der Waals surface area contributed by atoms with E-state index in [-0.39, 0.29) is 45.1 Å². The number of fused-ring (bicyclic) bond motifs is 20. The molecule has 4 aromatic carbocycles. The normalized spacial score (nSPS) is 11.7. The molecule has 0 saturated heterocycles. The number of hydrogen-bond acceptors (Lipinski definition) is 10. The van der Waals surface area contributed by atoms with E-state index in [9.17, 15) is 0 Å². The summed E-state index contributed by atoms with van der Waals surface area (Å²) in [7, 11) is 0. The Morgan fingerprint density at radius 1 is 0.378 bits per heavy atom. The van der Waals surface area contributed by atoms with Crippen LogP contribution in [0, 0.1) is 0 Å². The Morgan fingerprint density at radius 3 is 1.07 bits per heavy atom. The average Bonchev–Trinajstić information content (AvgIpc) is 3.78. The Balaban J connectivity index is 0.00000300. The molecule has 5 heterocycles. The van der Waals surface area contributed by atoms with Crippen molar-refractivity contribution < 1.29 is 22.4 Å². The summed E-state index contributed by atoms with van der Waals surface area (Å²) in [6.07, 6.45) is 0. The molecule has 0 fully saturated rings. The molecule has 12 nitrogen and oxygen atoms in total. The average molecular weight is 682 g/mol. The molecule has 3 aromatic heterocycles. The zero-order valence-corrected chi connectivity index (χ0v) is 24.7. The minimum atomic E-state index is 0. The van der Waals surface area contributed by atoms with Crippen molar-refractivity contribution in [3.8, 4) is 45.6 Å². The van der Waals surface area contributed by atoms with E-state index in [2.05, 4.69) is 9.97 Å². The Bertz CT molecular complexity index is 2400. The van der Waals surface area contributed by atoms with Crippen LogP contribution in [0.4, 0.5) is 22.7 Å². The first-order valence-electron chi connectivity index (χ1n) is 13.8. The van der Waals surface area contributed by atoms with Crippen molar-refractivity contribution in [2.45, 2.75) is 0 Å². The van der Waals surface area contributed by atoms with Crippen molar-refractivity contribution in [1.29, 1.82) is 0 Å². The Labute approximate surface area is 269 Å². The number of aromatic nitrogens is 8. The first kappa shape index (κ1) is 26.8. The van der Waals surface area contributed by atoms with E-state index in [1.165, 1.54) is 0 Å². The SMILES string of the molecule is Nc1c(N)c(N)c2c3nc4nc(nc5[nH]c(nc6nc(nc([nH]3)c2c1N)-c1ccccc1-6)c1ccccc51)-c1ccccc1-4.[Ag]. The molecule has 2 aliphatic heterocycles. The third-order valence-corrected chi connectivity index (χ3v) is 8.16. The first-order chi connectivity index (χ1) is 21.5. The molecule has 10 N–H and O–H groups in total. The van der Waals surface area contributed by atoms with E-state index in [4.69, 9.17) is 52.8 Å². The van der Waals surface area contributed by atoms with Gasteiger partial charge in [0.15, 0.2) is 23.3 Å². The van der Waals surface area contributed by atoms with Gasteiger partial charge in [-0.3, -0.25) is 0 Å². The maximum absolute atomic E-state index is 6.56. The summed E-state index contributed by atoms with van der Waals surface area (Å²) in [6.45, 7) is 0. The summed E-state index contributed by atoms with van der Waals surface area (Å²) in [6, 6.07) is 23.5. The number of hydrogen-bond donors (Lipinski definition) is 6. The zero-order chi connectivity index (χ0) is 29.7. The second-order valence-corrected chi connectivity index (χ2v) is 10.7. The summed E-state index contributed by atoms with van der Waals surface area (Å²) in [5.74, 6) is 1.88. The molecule has 0 saturated carbocycles. The number of nitrogen functional groups attached to an aromatic ring is 4. The molecule has 2 aliphatic rings. The molecule has 9 rings (SSSR count). The minimum Gasteiger partial charge on any atom is -0.396 e. The van der Waals surface area contributed by atoms with E-state index in [0.717, 1.165) is 33.0 Å². The van der Waals surface area contributed by atoms with Crippen LogP contribution in [-0.4, -0.2) is 39.9 Å². The molecule has 0 atom stereocenters. The number of aromatic amines is 2. The van der Waals surface area contributed by atoms with Crippen LogP contribution in [0.15, 0.2) is 72.8 Å². The fourth-order valence-corrected chi connectivity index (χ4v) is 6.00. The molecule has 8 bridgehead atoms. The molecule has 7 aromatic rings. The molecule has 221 valence electrons. The van der Waals surface area contributed by atoms with Crippen LogP contribution < -0.4 is 22.9 Å². The van der Waals surface area contributed by atoms with E-state index in [0.29, 0.717) is 56.7 Å². The second-order valence-electron chi connectivity index (χ2n) is 10.7. The maximum atomic E-state index is 6.56. The molecular weight excluding hydrogens is 660 g/mol. The van der Waals surface area contributed by atoms with Crippen molar-refractivity contribution in [1.82, 2.24) is 39.9 Å². The molecule has 0 amide bonds. The van der Waals surface area contributed by atoms with Crippen molar-refractivity contribution in [2.75, 3.05) is 22.9 Å². The van der Waals surface area contributed by atoms with Gasteiger partial charge in [-0.1, -0.05) is 72.8 Å². The summed E-state index contributed by atoms with van der Waals surface area (Å²) < 4.78 is 0. The fourth-order valence-electron chi connectivity index (χ4n) is 6.00. The van der Waals surface area contributed by atoms with E-state index in [1.54, 1.807) is 0 Å². The molecule has 45 heavy (non-hydrogen) atoms. The largest absolute Gasteiger partial charge is 0.396 e. The molecule has 0 spiro atoms. The van der Waals surface area contributed by atoms with Gasteiger partial charge in [-0.2, -0.15) is 0 Å². The predicted molar refractivity (Wildman–Crippen MR) is 174 cm³/mol. The molecular formula is C32H22AgN12. The Morgan fingerprint density at radius 2 is 0.689 bits per heavy atom. The third kappa shape index (κ3) is 3.77. The number of nitrogens with two attached hydrogens (primary N) is 4. The zero-order valence-electron chi connectivity index (χ0n) is 23.2. The van der Waals surface area contributed by atoms with Crippen molar-refractivity contribution in [3.63, 3.8) is 0 Å². The van der Waals surface area contributed by atoms with Crippen molar-refractivity contribution in [3.05, 3.63) is 72.8 Å². The van der Waals surface area contributed by atoms with Crippen molar-refractivity contribution >= 4 is 66.9 Å². The van der Waals surface area contributed by atoms with Crippen LogP contribution >= 0.6 is 0 Å². The molecule has 0 unspecified atom stereocenters. The molecule has 0 aliphatic carbocycles. The van der Waals surface area contributed by atoms with E-state index < -0.39 is 0 Å². The summed E-state index contributed by atoms with van der Waals surface area (Å²) >= 11 is 0. The van der Waals surface area contributed by atoms with Crippen LogP contribution in [0.5, 0.6) is 0 Å². The van der Waals surface area contributed by atoms with Gasteiger partial charge >= 0.3 is 0 Å². The van der Waals surface area contributed by atoms with Gasteiger partial charge in [0.05, 0.1) is 33.5 Å². The van der Waals surface area contributed by atoms with Gasteiger partial charge in [0.2, 0.25) is 0 Å². The maximum Gasteiger partial charge on any atom is 0.164 e. The smallest absolute Gasteiger partial charge is 0.164 e. The number of nitrogens with one attached hydrogen (secondary N) is 2. The monoisotopic (exact) mass is 681 g/mol. The summed E-state index contributed by atoms with van der Waals surface area (Å²) in [5.41, 5.74) is 31.8. The number of rotatable bonds is 0. The van der Waals surface area contributed by atoms with Crippen LogP contribution in [-0.2, 0) is 22.4 Å². The fraction of sp³-hybridized carbons (Fsp3) is 0. The second kappa shape index (κ2) is 9.59. The number of H-pyrrole nitrogens is 2.